The molecule has 28 heavy (non-hydrogen) atoms. The number of aromatic amines is 1. The van der Waals surface area contributed by atoms with Crippen LogP contribution in [0.5, 0.6) is 0 Å². The number of nitrogens with one attached hydrogen (secondary N) is 2. The second-order valence-electron chi connectivity index (χ2n) is 7.53. The molecule has 0 radical (unpaired) electrons. The van der Waals surface area contributed by atoms with Crippen LogP contribution in [0.3, 0.4) is 0 Å². The molecular formula is C22H28N6. The van der Waals surface area contributed by atoms with Gasteiger partial charge >= 0.3 is 0 Å². The van der Waals surface area contributed by atoms with Crippen LogP contribution in [0.25, 0.3) is 22.2 Å². The molecule has 4 rings (SSSR count). The fourth-order valence-corrected chi connectivity index (χ4v) is 3.86. The van der Waals surface area contributed by atoms with Gasteiger partial charge in [-0.15, -0.1) is 0 Å². The Kier molecular flexibility index (Phi) is 5.05. The van der Waals surface area contributed by atoms with Crippen LogP contribution in [-0.2, 0) is 6.54 Å². The Morgan fingerprint density at radius 2 is 2.14 bits per heavy atom. The average Bonchev–Trinajstić information content (AvgIpc) is 3.04. The highest BCUT2D eigenvalue weighted by molar-refractivity contribution is 5.92. The van der Waals surface area contributed by atoms with Gasteiger partial charge in [-0.2, -0.15) is 0 Å². The molecule has 0 atom stereocenters. The molecular weight excluding hydrogens is 348 g/mol. The van der Waals surface area contributed by atoms with E-state index in [1.807, 2.05) is 20.0 Å². The zero-order valence-corrected chi connectivity index (χ0v) is 16.8. The van der Waals surface area contributed by atoms with E-state index in [1.54, 1.807) is 6.21 Å². The van der Waals surface area contributed by atoms with E-state index in [2.05, 4.69) is 56.5 Å². The highest BCUT2D eigenvalue weighted by atomic mass is 15.1. The topological polar surface area (TPSA) is 82.3 Å². The number of pyridine rings is 1. The first-order valence-electron chi connectivity index (χ1n) is 9.88. The molecule has 4 N–H and O–H groups in total. The first kappa shape index (κ1) is 18.5. The van der Waals surface area contributed by atoms with Gasteiger partial charge in [0.05, 0.1) is 0 Å². The zero-order valence-electron chi connectivity index (χ0n) is 16.8. The molecule has 6 nitrogen and oxygen atoms in total. The number of hydrogen-bond acceptors (Lipinski definition) is 5. The summed E-state index contributed by atoms with van der Waals surface area (Å²) in [6, 6.07) is 11.4. The van der Waals surface area contributed by atoms with E-state index in [-0.39, 0.29) is 0 Å². The standard InChI is InChI=1S/C22H28N6/c1-4-25-21-17(12-20(23)27-22(21)24-2)19-11-15-9-8-14(10-18(15)26-19)13-28(3)16-6-5-7-16/h4,8-12,16,26H,5-7,13H2,1-3H3,(H3,23,24,27). The summed E-state index contributed by atoms with van der Waals surface area (Å²) in [6.45, 7) is 2.88. The highest BCUT2D eigenvalue weighted by Gasteiger charge is 2.22. The molecule has 6 heteroatoms. The summed E-state index contributed by atoms with van der Waals surface area (Å²) < 4.78 is 0. The third-order valence-corrected chi connectivity index (χ3v) is 5.61. The highest BCUT2D eigenvalue weighted by Crippen LogP contribution is 2.37. The molecule has 2 heterocycles. The number of nitrogen functional groups attached to an aromatic ring is 1. The largest absolute Gasteiger partial charge is 0.384 e. The van der Waals surface area contributed by atoms with Gasteiger partial charge in [-0.05, 0) is 50.6 Å². The Morgan fingerprint density at radius 1 is 1.32 bits per heavy atom. The van der Waals surface area contributed by atoms with E-state index in [4.69, 9.17) is 5.73 Å². The lowest BCUT2D eigenvalue weighted by molar-refractivity contribution is 0.153. The number of nitrogens with zero attached hydrogens (tertiary/aromatic N) is 3. The van der Waals surface area contributed by atoms with Gasteiger partial charge in [-0.25, -0.2) is 4.98 Å². The average molecular weight is 377 g/mol. The predicted molar refractivity (Wildman–Crippen MR) is 118 cm³/mol. The summed E-state index contributed by atoms with van der Waals surface area (Å²) in [7, 11) is 4.05. The Morgan fingerprint density at radius 3 is 2.82 bits per heavy atom. The molecule has 1 aliphatic carbocycles. The molecule has 0 bridgehead atoms. The van der Waals surface area contributed by atoms with E-state index in [9.17, 15) is 0 Å². The van der Waals surface area contributed by atoms with Crippen molar-refractivity contribution in [1.29, 1.82) is 0 Å². The molecule has 1 fully saturated rings. The van der Waals surface area contributed by atoms with Crippen LogP contribution in [-0.4, -0.2) is 41.2 Å². The maximum atomic E-state index is 6.04. The zero-order chi connectivity index (χ0) is 19.7. The van der Waals surface area contributed by atoms with Gasteiger partial charge in [0.1, 0.15) is 11.5 Å². The van der Waals surface area contributed by atoms with Crippen LogP contribution < -0.4 is 11.1 Å². The van der Waals surface area contributed by atoms with E-state index in [0.717, 1.165) is 35.0 Å². The van der Waals surface area contributed by atoms with Gasteiger partial charge < -0.3 is 16.0 Å². The minimum atomic E-state index is 0.468. The summed E-state index contributed by atoms with van der Waals surface area (Å²) in [5.74, 6) is 1.14. The number of aliphatic imine (C=N–C) groups is 1. The Bertz CT molecular complexity index is 1020. The van der Waals surface area contributed by atoms with Crippen LogP contribution >= 0.6 is 0 Å². The number of fused-ring (bicyclic) bond motifs is 1. The van der Waals surface area contributed by atoms with Crippen molar-refractivity contribution < 1.29 is 0 Å². The van der Waals surface area contributed by atoms with Crippen molar-refractivity contribution >= 4 is 34.4 Å². The van der Waals surface area contributed by atoms with Crippen LogP contribution in [0.2, 0.25) is 0 Å². The van der Waals surface area contributed by atoms with E-state index in [1.165, 1.54) is 30.2 Å². The quantitative estimate of drug-likeness (QED) is 0.551. The Hall–Kier alpha value is -2.86. The van der Waals surface area contributed by atoms with E-state index in [0.29, 0.717) is 11.6 Å². The summed E-state index contributed by atoms with van der Waals surface area (Å²) in [6.07, 6.45) is 5.78. The minimum Gasteiger partial charge on any atom is -0.384 e. The molecule has 1 aliphatic rings. The number of H-pyrrole nitrogens is 1. The molecule has 146 valence electrons. The van der Waals surface area contributed by atoms with Gasteiger partial charge in [0.15, 0.2) is 5.82 Å². The van der Waals surface area contributed by atoms with Crippen molar-refractivity contribution in [3.8, 4) is 11.3 Å². The van der Waals surface area contributed by atoms with Gasteiger partial charge in [-0.1, -0.05) is 18.6 Å². The third-order valence-electron chi connectivity index (χ3n) is 5.61. The maximum Gasteiger partial charge on any atom is 0.154 e. The molecule has 2 aromatic heterocycles. The van der Waals surface area contributed by atoms with Crippen LogP contribution in [0.15, 0.2) is 35.3 Å². The Labute approximate surface area is 165 Å². The number of benzene rings is 1. The molecule has 0 saturated heterocycles. The molecule has 1 aromatic carbocycles. The van der Waals surface area contributed by atoms with Gasteiger partial charge in [0.25, 0.3) is 0 Å². The molecule has 0 amide bonds. The van der Waals surface area contributed by atoms with Crippen LogP contribution in [0.1, 0.15) is 31.7 Å². The van der Waals surface area contributed by atoms with Gasteiger partial charge in [0, 0.05) is 48.0 Å². The molecule has 1 saturated carbocycles. The molecule has 0 spiro atoms. The lowest BCUT2D eigenvalue weighted by atomic mass is 9.91. The third kappa shape index (κ3) is 3.47. The monoisotopic (exact) mass is 376 g/mol. The summed E-state index contributed by atoms with van der Waals surface area (Å²) in [5, 5.41) is 4.27. The van der Waals surface area contributed by atoms with E-state index >= 15 is 0 Å². The number of aromatic nitrogens is 2. The lowest BCUT2D eigenvalue weighted by Gasteiger charge is -2.34. The first-order chi connectivity index (χ1) is 13.6. The lowest BCUT2D eigenvalue weighted by Crippen LogP contribution is -2.36. The van der Waals surface area contributed by atoms with Crippen molar-refractivity contribution in [1.82, 2.24) is 14.9 Å². The summed E-state index contributed by atoms with van der Waals surface area (Å²) >= 11 is 0. The fourth-order valence-electron chi connectivity index (χ4n) is 3.86. The molecule has 0 aliphatic heterocycles. The van der Waals surface area contributed by atoms with Crippen LogP contribution in [0, 0.1) is 0 Å². The second kappa shape index (κ2) is 7.64. The van der Waals surface area contributed by atoms with Crippen molar-refractivity contribution in [2.75, 3.05) is 25.1 Å². The Balaban J connectivity index is 1.71. The maximum absolute atomic E-state index is 6.04. The SMILES string of the molecule is CC=Nc1c(-c2cc3ccc(CN(C)C4CCC4)cc3[nH]2)cc(N)nc1NC. The molecule has 0 unspecified atom stereocenters. The fraction of sp³-hybridized carbons (Fsp3) is 0.364. The molecule has 3 aromatic rings. The summed E-state index contributed by atoms with van der Waals surface area (Å²) in [5.41, 5.74) is 11.2. The van der Waals surface area contributed by atoms with Gasteiger partial charge in [-0.3, -0.25) is 9.89 Å². The van der Waals surface area contributed by atoms with E-state index < -0.39 is 0 Å². The van der Waals surface area contributed by atoms with Gasteiger partial charge in [0.2, 0.25) is 0 Å². The number of anilines is 2. The first-order valence-corrected chi connectivity index (χ1v) is 9.88. The normalized spacial score (nSPS) is 14.9. The van der Waals surface area contributed by atoms with Crippen molar-refractivity contribution in [3.05, 3.63) is 35.9 Å². The number of hydrogen-bond donors (Lipinski definition) is 3. The van der Waals surface area contributed by atoms with Crippen molar-refractivity contribution in [2.24, 2.45) is 4.99 Å². The van der Waals surface area contributed by atoms with Crippen LogP contribution in [0.4, 0.5) is 17.3 Å². The smallest absolute Gasteiger partial charge is 0.154 e. The van der Waals surface area contributed by atoms with Crippen molar-refractivity contribution in [2.45, 2.75) is 38.8 Å². The van der Waals surface area contributed by atoms with Crippen molar-refractivity contribution in [3.63, 3.8) is 0 Å². The number of nitrogens with two attached hydrogens (primary N) is 1. The summed E-state index contributed by atoms with van der Waals surface area (Å²) in [4.78, 5) is 14.9. The minimum absolute atomic E-state index is 0.468. The predicted octanol–water partition coefficient (Wildman–Crippen LogP) is 4.56. The number of rotatable bonds is 6. The second-order valence-corrected chi connectivity index (χ2v) is 7.53.